The first kappa shape index (κ1) is 12.4. The average molecular weight is 238 g/mol. The van der Waals surface area contributed by atoms with E-state index in [0.717, 1.165) is 32.7 Å². The van der Waals surface area contributed by atoms with E-state index in [1.165, 1.54) is 0 Å². The van der Waals surface area contributed by atoms with Gasteiger partial charge in [0.1, 0.15) is 5.82 Å². The molecule has 0 aromatic carbocycles. The molecule has 0 aliphatic carbocycles. The van der Waals surface area contributed by atoms with Gasteiger partial charge in [-0.1, -0.05) is 6.92 Å². The van der Waals surface area contributed by atoms with Crippen LogP contribution in [-0.4, -0.2) is 46.5 Å². The molecule has 1 fully saturated rings. The molecule has 96 valence electrons. The quantitative estimate of drug-likeness (QED) is 0.849. The molecular weight excluding hydrogens is 216 g/mol. The van der Waals surface area contributed by atoms with Gasteiger partial charge in [-0.2, -0.15) is 5.10 Å². The summed E-state index contributed by atoms with van der Waals surface area (Å²) in [6.45, 7) is 8.09. The van der Waals surface area contributed by atoms with Crippen LogP contribution in [-0.2, 0) is 11.3 Å². The van der Waals surface area contributed by atoms with Crippen LogP contribution in [0.3, 0.4) is 0 Å². The Hall–Kier alpha value is -1.07. The Morgan fingerprint density at radius 2 is 2.35 bits per heavy atom. The van der Waals surface area contributed by atoms with E-state index in [9.17, 15) is 0 Å². The lowest BCUT2D eigenvalue weighted by Crippen LogP contribution is -2.49. The van der Waals surface area contributed by atoms with E-state index in [0.29, 0.717) is 18.0 Å². The summed E-state index contributed by atoms with van der Waals surface area (Å²) in [5.41, 5.74) is 5.60. The Morgan fingerprint density at radius 1 is 1.53 bits per heavy atom. The van der Waals surface area contributed by atoms with Gasteiger partial charge in [0.05, 0.1) is 19.3 Å². The molecule has 5 nitrogen and oxygen atoms in total. The molecule has 1 aliphatic heterocycles. The number of nitrogen functional groups attached to an aromatic ring is 1. The minimum atomic E-state index is 0.334. The molecule has 2 rings (SSSR count). The smallest absolute Gasteiger partial charge is 0.145 e. The Balaban J connectivity index is 1.87. The van der Waals surface area contributed by atoms with Gasteiger partial charge in [0.15, 0.2) is 0 Å². The highest BCUT2D eigenvalue weighted by Crippen LogP contribution is 2.14. The summed E-state index contributed by atoms with van der Waals surface area (Å²) in [5, 5.41) is 4.20. The van der Waals surface area contributed by atoms with Crippen LogP contribution in [0, 0.1) is 0 Å². The first-order valence-corrected chi connectivity index (χ1v) is 6.33. The highest BCUT2D eigenvalue weighted by atomic mass is 16.5. The number of morpholine rings is 1. The fraction of sp³-hybridized carbons (Fsp3) is 0.750. The van der Waals surface area contributed by atoms with Crippen molar-refractivity contribution in [3.63, 3.8) is 0 Å². The molecule has 0 radical (unpaired) electrons. The predicted octanol–water partition coefficient (Wildman–Crippen LogP) is 0.965. The van der Waals surface area contributed by atoms with E-state index in [4.69, 9.17) is 10.5 Å². The maximum Gasteiger partial charge on any atom is 0.145 e. The fourth-order valence-electron chi connectivity index (χ4n) is 2.30. The molecule has 1 aromatic heterocycles. The number of hydrogen-bond acceptors (Lipinski definition) is 4. The number of rotatable bonds is 4. The van der Waals surface area contributed by atoms with Gasteiger partial charge in [0, 0.05) is 25.3 Å². The predicted molar refractivity (Wildman–Crippen MR) is 67.7 cm³/mol. The second kappa shape index (κ2) is 5.51. The van der Waals surface area contributed by atoms with Crippen molar-refractivity contribution < 1.29 is 4.74 Å². The maximum absolute atomic E-state index is 5.68. The first-order valence-electron chi connectivity index (χ1n) is 6.33. The Labute approximate surface area is 103 Å². The van der Waals surface area contributed by atoms with Gasteiger partial charge < -0.3 is 10.5 Å². The van der Waals surface area contributed by atoms with Crippen LogP contribution in [0.2, 0.25) is 0 Å². The highest BCUT2D eigenvalue weighted by Gasteiger charge is 2.24. The molecule has 0 amide bonds. The minimum Gasteiger partial charge on any atom is -0.382 e. The van der Waals surface area contributed by atoms with Crippen LogP contribution in [0.4, 0.5) is 5.82 Å². The lowest BCUT2D eigenvalue weighted by molar-refractivity contribution is -0.0568. The lowest BCUT2D eigenvalue weighted by atomic mass is 10.1. The zero-order chi connectivity index (χ0) is 12.3. The highest BCUT2D eigenvalue weighted by molar-refractivity contribution is 5.23. The molecule has 1 aliphatic rings. The molecule has 2 N–H and O–H groups in total. The lowest BCUT2D eigenvalue weighted by Gasteiger charge is -2.38. The summed E-state index contributed by atoms with van der Waals surface area (Å²) in [6, 6.07) is 2.37. The van der Waals surface area contributed by atoms with Gasteiger partial charge >= 0.3 is 0 Å². The molecular formula is C12H22N4O. The number of hydrogen-bond donors (Lipinski definition) is 1. The molecule has 0 bridgehead atoms. The van der Waals surface area contributed by atoms with Gasteiger partial charge in [0.2, 0.25) is 0 Å². The van der Waals surface area contributed by atoms with Crippen molar-refractivity contribution in [1.82, 2.24) is 14.7 Å². The molecule has 0 spiro atoms. The van der Waals surface area contributed by atoms with Crippen LogP contribution >= 0.6 is 0 Å². The summed E-state index contributed by atoms with van der Waals surface area (Å²) in [6.07, 6.45) is 3.40. The first-order chi connectivity index (χ1) is 8.19. The molecule has 17 heavy (non-hydrogen) atoms. The number of ether oxygens (including phenoxy) is 1. The van der Waals surface area contributed by atoms with Gasteiger partial charge in [0.25, 0.3) is 0 Å². The monoisotopic (exact) mass is 238 g/mol. The van der Waals surface area contributed by atoms with E-state index in [1.54, 1.807) is 0 Å². The Morgan fingerprint density at radius 3 is 3.00 bits per heavy atom. The van der Waals surface area contributed by atoms with Gasteiger partial charge in [-0.15, -0.1) is 0 Å². The SMILES string of the molecule is CCC1COC(C)CN1CCn1ccc(N)n1. The van der Waals surface area contributed by atoms with E-state index >= 15 is 0 Å². The summed E-state index contributed by atoms with van der Waals surface area (Å²) in [7, 11) is 0. The van der Waals surface area contributed by atoms with Gasteiger partial charge in [-0.25, -0.2) is 0 Å². The van der Waals surface area contributed by atoms with Crippen molar-refractivity contribution in [2.24, 2.45) is 0 Å². The van der Waals surface area contributed by atoms with Crippen molar-refractivity contribution in [3.8, 4) is 0 Å². The Bertz CT molecular complexity index is 352. The Kier molecular flexibility index (Phi) is 4.02. The maximum atomic E-state index is 5.68. The zero-order valence-electron chi connectivity index (χ0n) is 10.7. The summed E-state index contributed by atoms with van der Waals surface area (Å²) in [4.78, 5) is 2.49. The van der Waals surface area contributed by atoms with E-state index < -0.39 is 0 Å². The topological polar surface area (TPSA) is 56.3 Å². The zero-order valence-corrected chi connectivity index (χ0v) is 10.7. The summed E-state index contributed by atoms with van der Waals surface area (Å²) < 4.78 is 7.59. The van der Waals surface area contributed by atoms with E-state index in [1.807, 2.05) is 16.9 Å². The molecule has 2 unspecified atom stereocenters. The number of anilines is 1. The summed E-state index contributed by atoms with van der Waals surface area (Å²) >= 11 is 0. The number of aromatic nitrogens is 2. The van der Waals surface area contributed by atoms with E-state index in [-0.39, 0.29) is 0 Å². The van der Waals surface area contributed by atoms with Crippen molar-refractivity contribution in [3.05, 3.63) is 12.3 Å². The third-order valence-corrected chi connectivity index (χ3v) is 3.33. The molecule has 2 heterocycles. The molecule has 5 heteroatoms. The van der Waals surface area contributed by atoms with Crippen LogP contribution < -0.4 is 5.73 Å². The standard InChI is InChI=1S/C12H22N4O/c1-3-11-9-17-10(2)8-15(11)6-7-16-5-4-12(13)14-16/h4-5,10-11H,3,6-9H2,1-2H3,(H2,13,14). The van der Waals surface area contributed by atoms with E-state index in [2.05, 4.69) is 23.8 Å². The second-order valence-corrected chi connectivity index (χ2v) is 4.70. The fourth-order valence-corrected chi connectivity index (χ4v) is 2.30. The van der Waals surface area contributed by atoms with Crippen molar-refractivity contribution >= 4 is 5.82 Å². The average Bonchev–Trinajstić information content (AvgIpc) is 2.73. The molecule has 2 atom stereocenters. The number of nitrogens with two attached hydrogens (primary N) is 1. The van der Waals surface area contributed by atoms with Gasteiger partial charge in [-0.3, -0.25) is 9.58 Å². The number of nitrogens with zero attached hydrogens (tertiary/aromatic N) is 3. The summed E-state index contributed by atoms with van der Waals surface area (Å²) in [5.74, 6) is 0.590. The van der Waals surface area contributed by atoms with Crippen molar-refractivity contribution in [2.45, 2.75) is 39.0 Å². The van der Waals surface area contributed by atoms with Crippen LogP contribution in [0.15, 0.2) is 12.3 Å². The van der Waals surface area contributed by atoms with Crippen molar-refractivity contribution in [1.29, 1.82) is 0 Å². The second-order valence-electron chi connectivity index (χ2n) is 4.70. The minimum absolute atomic E-state index is 0.334. The molecule has 0 saturated carbocycles. The van der Waals surface area contributed by atoms with Crippen LogP contribution in [0.5, 0.6) is 0 Å². The van der Waals surface area contributed by atoms with Crippen molar-refractivity contribution in [2.75, 3.05) is 25.4 Å². The molecule has 1 aromatic rings. The third kappa shape index (κ3) is 3.20. The third-order valence-electron chi connectivity index (χ3n) is 3.33. The normalized spacial score (nSPS) is 26.2. The van der Waals surface area contributed by atoms with Gasteiger partial charge in [-0.05, 0) is 19.4 Å². The largest absolute Gasteiger partial charge is 0.382 e. The molecule has 1 saturated heterocycles. The van der Waals surface area contributed by atoms with Crippen LogP contribution in [0.25, 0.3) is 0 Å². The van der Waals surface area contributed by atoms with Crippen LogP contribution in [0.1, 0.15) is 20.3 Å².